The Kier molecular flexibility index (Phi) is 5.99. The van der Waals surface area contributed by atoms with Gasteiger partial charge in [0.05, 0.1) is 0 Å². The molecule has 0 aliphatic carbocycles. The van der Waals surface area contributed by atoms with Crippen molar-refractivity contribution in [3.05, 3.63) is 11.4 Å². The Morgan fingerprint density at radius 2 is 1.67 bits per heavy atom. The number of nitrogen functional groups attached to an aromatic ring is 1. The molecule has 0 bridgehead atoms. The molecule has 0 spiro atoms. The second-order valence-electron chi connectivity index (χ2n) is 6.85. The second kappa shape index (κ2) is 7.10. The quantitative estimate of drug-likeness (QED) is 0.863. The van der Waals surface area contributed by atoms with Crippen LogP contribution in [0.4, 0.5) is 11.6 Å². The molecule has 120 valence electrons. The molecule has 21 heavy (non-hydrogen) atoms. The van der Waals surface area contributed by atoms with Crippen LogP contribution in [0.3, 0.4) is 0 Å². The highest BCUT2D eigenvalue weighted by molar-refractivity contribution is 5.56. The van der Waals surface area contributed by atoms with Gasteiger partial charge in [0.2, 0.25) is 0 Å². The first kappa shape index (κ1) is 17.7. The Morgan fingerprint density at radius 1 is 1.10 bits per heavy atom. The minimum absolute atomic E-state index is 0.0924. The maximum Gasteiger partial charge on any atom is 0.138 e. The molecule has 4 nitrogen and oxygen atoms in total. The summed E-state index contributed by atoms with van der Waals surface area (Å²) in [6.45, 7) is 17.0. The lowest BCUT2D eigenvalue weighted by molar-refractivity contribution is 0.481. The molecule has 0 aliphatic heterocycles. The molecule has 0 atom stereocenters. The fourth-order valence-corrected chi connectivity index (χ4v) is 2.39. The highest BCUT2D eigenvalue weighted by Gasteiger charge is 2.23. The SMILES string of the molecule is CCC(CC)CN(CC)c1nc(C(C)(C)C)nc(N)c1C. The average molecular weight is 292 g/mol. The first-order valence-corrected chi connectivity index (χ1v) is 8.14. The van der Waals surface area contributed by atoms with Crippen LogP contribution >= 0.6 is 0 Å². The van der Waals surface area contributed by atoms with Crippen molar-refractivity contribution in [2.45, 2.75) is 66.7 Å². The molecular formula is C17H32N4. The van der Waals surface area contributed by atoms with E-state index in [9.17, 15) is 0 Å². The van der Waals surface area contributed by atoms with Gasteiger partial charge >= 0.3 is 0 Å². The fraction of sp³-hybridized carbons (Fsp3) is 0.765. The lowest BCUT2D eigenvalue weighted by atomic mass is 9.95. The van der Waals surface area contributed by atoms with Crippen molar-refractivity contribution in [2.24, 2.45) is 5.92 Å². The minimum Gasteiger partial charge on any atom is -0.383 e. The predicted octanol–water partition coefficient (Wildman–Crippen LogP) is 3.93. The van der Waals surface area contributed by atoms with Gasteiger partial charge in [0.1, 0.15) is 17.5 Å². The first-order valence-electron chi connectivity index (χ1n) is 8.14. The van der Waals surface area contributed by atoms with Gasteiger partial charge < -0.3 is 10.6 Å². The van der Waals surface area contributed by atoms with E-state index in [0.717, 1.165) is 30.3 Å². The molecule has 0 fully saturated rings. The van der Waals surface area contributed by atoms with E-state index in [0.29, 0.717) is 11.7 Å². The zero-order chi connectivity index (χ0) is 16.2. The monoisotopic (exact) mass is 292 g/mol. The number of anilines is 2. The van der Waals surface area contributed by atoms with E-state index in [4.69, 9.17) is 10.7 Å². The van der Waals surface area contributed by atoms with Crippen molar-refractivity contribution >= 4 is 11.6 Å². The summed E-state index contributed by atoms with van der Waals surface area (Å²) in [4.78, 5) is 11.7. The van der Waals surface area contributed by atoms with E-state index in [1.807, 2.05) is 6.92 Å². The number of nitrogens with zero attached hydrogens (tertiary/aromatic N) is 3. The third kappa shape index (κ3) is 4.32. The molecule has 0 aromatic carbocycles. The predicted molar refractivity (Wildman–Crippen MR) is 91.8 cm³/mol. The second-order valence-corrected chi connectivity index (χ2v) is 6.85. The van der Waals surface area contributed by atoms with Gasteiger partial charge in [-0.15, -0.1) is 0 Å². The van der Waals surface area contributed by atoms with Gasteiger partial charge in [0.25, 0.3) is 0 Å². The molecule has 2 N–H and O–H groups in total. The molecule has 0 unspecified atom stereocenters. The smallest absolute Gasteiger partial charge is 0.138 e. The summed E-state index contributed by atoms with van der Waals surface area (Å²) < 4.78 is 0. The van der Waals surface area contributed by atoms with Crippen LogP contribution in [0.1, 0.15) is 65.8 Å². The molecule has 1 aromatic heterocycles. The van der Waals surface area contributed by atoms with Crippen LogP contribution in [0.15, 0.2) is 0 Å². The Morgan fingerprint density at radius 3 is 2.10 bits per heavy atom. The molecule has 0 aliphatic rings. The molecule has 1 rings (SSSR count). The first-order chi connectivity index (χ1) is 9.74. The van der Waals surface area contributed by atoms with E-state index in [2.05, 4.69) is 51.4 Å². The summed E-state index contributed by atoms with van der Waals surface area (Å²) in [5.41, 5.74) is 7.03. The third-order valence-electron chi connectivity index (χ3n) is 4.14. The average Bonchev–Trinajstić information content (AvgIpc) is 2.42. The molecule has 1 aromatic rings. The van der Waals surface area contributed by atoms with Gasteiger partial charge in [0, 0.05) is 24.1 Å². The maximum absolute atomic E-state index is 6.13. The van der Waals surface area contributed by atoms with E-state index in [1.54, 1.807) is 0 Å². The van der Waals surface area contributed by atoms with Crippen molar-refractivity contribution in [3.63, 3.8) is 0 Å². The van der Waals surface area contributed by atoms with E-state index in [-0.39, 0.29) is 5.41 Å². The largest absolute Gasteiger partial charge is 0.383 e. The van der Waals surface area contributed by atoms with Crippen molar-refractivity contribution < 1.29 is 0 Å². The number of hydrogen-bond acceptors (Lipinski definition) is 4. The summed E-state index contributed by atoms with van der Waals surface area (Å²) in [5, 5.41) is 0. The Bertz CT molecular complexity index is 459. The van der Waals surface area contributed by atoms with Gasteiger partial charge in [-0.2, -0.15) is 0 Å². The van der Waals surface area contributed by atoms with Crippen LogP contribution in [-0.4, -0.2) is 23.1 Å². The minimum atomic E-state index is -0.0924. The van der Waals surface area contributed by atoms with Crippen LogP contribution in [-0.2, 0) is 5.41 Å². The standard InChI is InChI=1S/C17H32N4/c1-8-13(9-2)11-21(10-3)15-12(4)14(18)19-16(20-15)17(5,6)7/h13H,8-11H2,1-7H3,(H2,18,19,20). The van der Waals surface area contributed by atoms with Crippen molar-refractivity contribution in [2.75, 3.05) is 23.7 Å². The van der Waals surface area contributed by atoms with Crippen LogP contribution in [0.5, 0.6) is 0 Å². The number of nitrogens with two attached hydrogens (primary N) is 1. The zero-order valence-corrected chi connectivity index (χ0v) is 14.8. The van der Waals surface area contributed by atoms with Gasteiger partial charge in [0.15, 0.2) is 0 Å². The van der Waals surface area contributed by atoms with Crippen molar-refractivity contribution in [1.82, 2.24) is 9.97 Å². The molecule has 4 heteroatoms. The van der Waals surface area contributed by atoms with Gasteiger partial charge in [-0.05, 0) is 19.8 Å². The molecule has 0 amide bonds. The van der Waals surface area contributed by atoms with Gasteiger partial charge in [-0.25, -0.2) is 9.97 Å². The van der Waals surface area contributed by atoms with Crippen molar-refractivity contribution in [3.8, 4) is 0 Å². The summed E-state index contributed by atoms with van der Waals surface area (Å²) in [6, 6.07) is 0. The summed E-state index contributed by atoms with van der Waals surface area (Å²) >= 11 is 0. The van der Waals surface area contributed by atoms with E-state index in [1.165, 1.54) is 12.8 Å². The lowest BCUT2D eigenvalue weighted by Gasteiger charge is -2.29. The number of hydrogen-bond donors (Lipinski definition) is 1. The van der Waals surface area contributed by atoms with Crippen molar-refractivity contribution in [1.29, 1.82) is 0 Å². The number of rotatable bonds is 6. The fourth-order valence-electron chi connectivity index (χ4n) is 2.39. The third-order valence-corrected chi connectivity index (χ3v) is 4.14. The van der Waals surface area contributed by atoms with Gasteiger partial charge in [-0.3, -0.25) is 0 Å². The van der Waals surface area contributed by atoms with E-state index < -0.39 is 0 Å². The van der Waals surface area contributed by atoms with Crippen LogP contribution in [0.25, 0.3) is 0 Å². The Labute approximate surface area is 130 Å². The van der Waals surface area contributed by atoms with Crippen LogP contribution < -0.4 is 10.6 Å². The van der Waals surface area contributed by atoms with Gasteiger partial charge in [-0.1, -0.05) is 47.5 Å². The summed E-state index contributed by atoms with van der Waals surface area (Å²) in [7, 11) is 0. The molecular weight excluding hydrogens is 260 g/mol. The lowest BCUT2D eigenvalue weighted by Crippen LogP contribution is -2.32. The summed E-state index contributed by atoms with van der Waals surface area (Å²) in [5.74, 6) is 3.12. The zero-order valence-electron chi connectivity index (χ0n) is 14.8. The highest BCUT2D eigenvalue weighted by Crippen LogP contribution is 2.28. The Balaban J connectivity index is 3.22. The maximum atomic E-state index is 6.13. The summed E-state index contributed by atoms with van der Waals surface area (Å²) in [6.07, 6.45) is 2.39. The molecule has 0 saturated carbocycles. The normalized spacial score (nSPS) is 12.0. The Hall–Kier alpha value is -1.32. The van der Waals surface area contributed by atoms with Crippen LogP contribution in [0.2, 0.25) is 0 Å². The number of aromatic nitrogens is 2. The van der Waals surface area contributed by atoms with E-state index >= 15 is 0 Å². The molecule has 0 radical (unpaired) electrons. The topological polar surface area (TPSA) is 55.0 Å². The molecule has 0 saturated heterocycles. The van der Waals surface area contributed by atoms with Crippen LogP contribution in [0, 0.1) is 12.8 Å². The molecule has 1 heterocycles. The highest BCUT2D eigenvalue weighted by atomic mass is 15.2.